The van der Waals surface area contributed by atoms with Crippen molar-refractivity contribution in [2.45, 2.75) is 18.4 Å². The van der Waals surface area contributed by atoms with Gasteiger partial charge in [0.25, 0.3) is 0 Å². The molecule has 4 rings (SSSR count). The first-order valence-corrected chi connectivity index (χ1v) is 8.69. The molecule has 0 radical (unpaired) electrons. The number of para-hydroxylation sites is 1. The molecule has 0 atom stereocenters. The highest BCUT2D eigenvalue weighted by atomic mass is 79.9. The molecule has 24 heavy (non-hydrogen) atoms. The molecule has 5 nitrogen and oxygen atoms in total. The molecule has 2 N–H and O–H groups in total. The van der Waals surface area contributed by atoms with Gasteiger partial charge in [0.05, 0.1) is 11.2 Å². The Hall–Kier alpha value is -2.21. The summed E-state index contributed by atoms with van der Waals surface area (Å²) in [5, 5.41) is 5.98. The van der Waals surface area contributed by atoms with Crippen LogP contribution in [-0.4, -0.2) is 19.2 Å². The molecule has 1 heterocycles. The summed E-state index contributed by atoms with van der Waals surface area (Å²) in [6, 6.07) is 13.2. The van der Waals surface area contributed by atoms with Gasteiger partial charge in [-0.1, -0.05) is 18.2 Å². The first kappa shape index (κ1) is 15.3. The van der Waals surface area contributed by atoms with E-state index in [4.69, 9.17) is 9.47 Å². The quantitative estimate of drug-likeness (QED) is 0.834. The molecule has 2 aromatic carbocycles. The Balaban J connectivity index is 1.50. The molecule has 1 aliphatic heterocycles. The molecule has 2 aromatic rings. The Bertz CT molecular complexity index is 790. The number of anilines is 1. The van der Waals surface area contributed by atoms with Crippen molar-refractivity contribution in [3.05, 3.63) is 52.5 Å². The van der Waals surface area contributed by atoms with E-state index >= 15 is 0 Å². The van der Waals surface area contributed by atoms with Crippen molar-refractivity contribution in [1.29, 1.82) is 0 Å². The van der Waals surface area contributed by atoms with E-state index in [2.05, 4.69) is 26.6 Å². The number of carbonyl (C=O) groups excluding carboxylic acids is 1. The Kier molecular flexibility index (Phi) is 3.84. The van der Waals surface area contributed by atoms with Crippen molar-refractivity contribution in [3.8, 4) is 11.5 Å². The van der Waals surface area contributed by atoms with E-state index in [9.17, 15) is 4.79 Å². The highest BCUT2D eigenvalue weighted by Gasteiger charge is 2.46. The number of fused-ring (bicyclic) bond motifs is 1. The fourth-order valence-electron chi connectivity index (χ4n) is 2.89. The zero-order valence-corrected chi connectivity index (χ0v) is 14.6. The van der Waals surface area contributed by atoms with Gasteiger partial charge in [-0.15, -0.1) is 0 Å². The van der Waals surface area contributed by atoms with E-state index in [0.717, 1.165) is 40.1 Å². The zero-order valence-electron chi connectivity index (χ0n) is 13.0. The molecule has 0 aromatic heterocycles. The smallest absolute Gasteiger partial charge is 0.319 e. The van der Waals surface area contributed by atoms with Crippen molar-refractivity contribution in [2.75, 3.05) is 18.5 Å². The Labute approximate surface area is 148 Å². The summed E-state index contributed by atoms with van der Waals surface area (Å²) in [5.74, 6) is 1.51. The molecule has 1 fully saturated rings. The SMILES string of the molecule is O=C(Nc1ccccc1Br)NC1(c2ccc3c(c2)OCCO3)CC1. The normalized spacial score (nSPS) is 17.0. The minimum Gasteiger partial charge on any atom is -0.486 e. The van der Waals surface area contributed by atoms with Crippen molar-refractivity contribution >= 4 is 27.6 Å². The van der Waals surface area contributed by atoms with Crippen LogP contribution in [-0.2, 0) is 5.54 Å². The lowest BCUT2D eigenvalue weighted by atomic mass is 10.0. The van der Waals surface area contributed by atoms with Crippen LogP contribution in [0.15, 0.2) is 46.9 Å². The molecule has 2 aliphatic rings. The monoisotopic (exact) mass is 388 g/mol. The van der Waals surface area contributed by atoms with Gasteiger partial charge < -0.3 is 20.1 Å². The van der Waals surface area contributed by atoms with Crippen molar-refractivity contribution in [3.63, 3.8) is 0 Å². The molecular weight excluding hydrogens is 372 g/mol. The first-order valence-electron chi connectivity index (χ1n) is 7.90. The number of hydrogen-bond acceptors (Lipinski definition) is 3. The first-order chi connectivity index (χ1) is 11.7. The number of hydrogen-bond donors (Lipinski definition) is 2. The van der Waals surface area contributed by atoms with Crippen molar-refractivity contribution in [1.82, 2.24) is 5.32 Å². The van der Waals surface area contributed by atoms with Gasteiger partial charge in [0.2, 0.25) is 0 Å². The van der Waals surface area contributed by atoms with E-state index in [1.165, 1.54) is 0 Å². The Morgan fingerprint density at radius 3 is 2.54 bits per heavy atom. The zero-order chi connectivity index (χ0) is 16.6. The molecule has 2 amide bonds. The molecule has 0 unspecified atom stereocenters. The summed E-state index contributed by atoms with van der Waals surface area (Å²) in [5.41, 5.74) is 1.48. The number of ether oxygens (including phenoxy) is 2. The maximum atomic E-state index is 12.4. The number of urea groups is 1. The molecule has 0 bridgehead atoms. The summed E-state index contributed by atoms with van der Waals surface area (Å²) in [6.07, 6.45) is 1.83. The lowest BCUT2D eigenvalue weighted by molar-refractivity contribution is 0.171. The van der Waals surface area contributed by atoms with Crippen LogP contribution in [0.1, 0.15) is 18.4 Å². The molecular formula is C18H17BrN2O3. The summed E-state index contributed by atoms with van der Waals surface area (Å²) in [7, 11) is 0. The van der Waals surface area contributed by atoms with Crippen LogP contribution in [0.5, 0.6) is 11.5 Å². The molecule has 0 saturated heterocycles. The molecule has 124 valence electrons. The summed E-state index contributed by atoms with van der Waals surface area (Å²) in [4.78, 5) is 12.4. The van der Waals surface area contributed by atoms with E-state index in [1.54, 1.807) is 0 Å². The predicted molar refractivity (Wildman–Crippen MR) is 94.6 cm³/mol. The third-order valence-electron chi connectivity index (χ3n) is 4.32. The number of halogens is 1. The summed E-state index contributed by atoms with van der Waals surface area (Å²) >= 11 is 3.43. The van der Waals surface area contributed by atoms with Crippen LogP contribution in [0.25, 0.3) is 0 Å². The molecule has 0 spiro atoms. The average molecular weight is 389 g/mol. The van der Waals surface area contributed by atoms with E-state index < -0.39 is 0 Å². The van der Waals surface area contributed by atoms with Gasteiger partial charge in [0, 0.05) is 4.47 Å². The van der Waals surface area contributed by atoms with Gasteiger partial charge in [0.15, 0.2) is 11.5 Å². The van der Waals surface area contributed by atoms with E-state index in [0.29, 0.717) is 13.2 Å². The number of carbonyl (C=O) groups is 1. The second-order valence-corrected chi connectivity index (χ2v) is 6.85. The van der Waals surface area contributed by atoms with Gasteiger partial charge in [-0.25, -0.2) is 4.79 Å². The van der Waals surface area contributed by atoms with Gasteiger partial charge >= 0.3 is 6.03 Å². The third-order valence-corrected chi connectivity index (χ3v) is 5.01. The summed E-state index contributed by atoms with van der Waals surface area (Å²) < 4.78 is 12.0. The fourth-order valence-corrected chi connectivity index (χ4v) is 3.27. The number of benzene rings is 2. The second kappa shape index (κ2) is 6.02. The Morgan fingerprint density at radius 2 is 1.79 bits per heavy atom. The minimum atomic E-state index is -0.318. The molecule has 1 aliphatic carbocycles. The van der Waals surface area contributed by atoms with Gasteiger partial charge in [-0.2, -0.15) is 0 Å². The van der Waals surface area contributed by atoms with Crippen LogP contribution < -0.4 is 20.1 Å². The predicted octanol–water partition coefficient (Wildman–Crippen LogP) is 4.03. The topological polar surface area (TPSA) is 59.6 Å². The van der Waals surface area contributed by atoms with Crippen LogP contribution in [0.4, 0.5) is 10.5 Å². The van der Waals surface area contributed by atoms with Crippen LogP contribution >= 0.6 is 15.9 Å². The van der Waals surface area contributed by atoms with Gasteiger partial charge in [-0.05, 0) is 58.6 Å². The molecule has 6 heteroatoms. The third kappa shape index (κ3) is 2.94. The maximum absolute atomic E-state index is 12.4. The average Bonchev–Trinajstić information content (AvgIpc) is 3.37. The fraction of sp³-hybridized carbons (Fsp3) is 0.278. The van der Waals surface area contributed by atoms with Crippen LogP contribution in [0.3, 0.4) is 0 Å². The minimum absolute atomic E-state index is 0.214. The van der Waals surface area contributed by atoms with E-state index in [-0.39, 0.29) is 11.6 Å². The van der Waals surface area contributed by atoms with Crippen LogP contribution in [0.2, 0.25) is 0 Å². The van der Waals surface area contributed by atoms with Crippen molar-refractivity contribution in [2.24, 2.45) is 0 Å². The summed E-state index contributed by atoms with van der Waals surface area (Å²) in [6.45, 7) is 1.13. The second-order valence-electron chi connectivity index (χ2n) is 6.00. The largest absolute Gasteiger partial charge is 0.486 e. The number of nitrogens with one attached hydrogen (secondary N) is 2. The number of amides is 2. The Morgan fingerprint density at radius 1 is 1.04 bits per heavy atom. The van der Waals surface area contributed by atoms with Gasteiger partial charge in [-0.3, -0.25) is 0 Å². The maximum Gasteiger partial charge on any atom is 0.319 e. The van der Waals surface area contributed by atoms with Crippen molar-refractivity contribution < 1.29 is 14.3 Å². The van der Waals surface area contributed by atoms with Gasteiger partial charge in [0.1, 0.15) is 13.2 Å². The highest BCUT2D eigenvalue weighted by Crippen LogP contribution is 2.47. The standard InChI is InChI=1S/C18H17BrN2O3/c19-13-3-1-2-4-14(13)20-17(22)21-18(7-8-18)12-5-6-15-16(11-12)24-10-9-23-15/h1-6,11H,7-10H2,(H2,20,21,22). The lowest BCUT2D eigenvalue weighted by Gasteiger charge is -2.23. The molecule has 1 saturated carbocycles. The lowest BCUT2D eigenvalue weighted by Crippen LogP contribution is -2.38. The highest BCUT2D eigenvalue weighted by molar-refractivity contribution is 9.10. The number of rotatable bonds is 3. The van der Waals surface area contributed by atoms with E-state index in [1.807, 2.05) is 42.5 Å². The van der Waals surface area contributed by atoms with Crippen LogP contribution in [0, 0.1) is 0 Å².